The number of carboxylic acid groups (broad SMARTS) is 1. The van der Waals surface area contributed by atoms with Crippen LogP contribution in [-0.2, 0) is 0 Å². The van der Waals surface area contributed by atoms with E-state index in [2.05, 4.69) is 21.2 Å². The van der Waals surface area contributed by atoms with E-state index in [-0.39, 0.29) is 11.5 Å². The van der Waals surface area contributed by atoms with Gasteiger partial charge in [-0.15, -0.1) is 0 Å². The van der Waals surface area contributed by atoms with Crippen LogP contribution in [-0.4, -0.2) is 22.1 Å². The monoisotopic (exact) mass is 385 g/mol. The van der Waals surface area contributed by atoms with Crippen LogP contribution in [0.3, 0.4) is 0 Å². The maximum absolute atomic E-state index is 12.5. The minimum atomic E-state index is -1.23. The number of halogens is 1. The summed E-state index contributed by atoms with van der Waals surface area (Å²) in [6.45, 7) is 0. The van der Waals surface area contributed by atoms with Gasteiger partial charge in [-0.1, -0.05) is 40.2 Å². The number of hydrogen-bond acceptors (Lipinski definition) is 3. The molecule has 3 rings (SSSR count). The van der Waals surface area contributed by atoms with Gasteiger partial charge >= 0.3 is 5.97 Å². The highest BCUT2D eigenvalue weighted by Gasteiger charge is 2.14. The average Bonchev–Trinajstić information content (AvgIpc) is 2.54. The van der Waals surface area contributed by atoms with Crippen LogP contribution in [0.4, 0.5) is 5.69 Å². The summed E-state index contributed by atoms with van der Waals surface area (Å²) < 4.78 is 0.887. The second-order valence-corrected chi connectivity index (χ2v) is 5.99. The van der Waals surface area contributed by atoms with Crippen molar-refractivity contribution in [2.24, 2.45) is 0 Å². The molecule has 5 nitrogen and oxygen atoms in total. The number of fused-ring (bicyclic) bond motifs is 1. The normalized spacial score (nSPS) is 10.5. The maximum Gasteiger partial charge on any atom is 0.339 e. The van der Waals surface area contributed by atoms with E-state index < -0.39 is 11.7 Å². The molecule has 1 amide bonds. The standard InChI is InChI=1S/C18H12BrNO4/c19-15-6-2-3-11-12(15)4-1-5-13(11)17(22)20-10-7-8-14(18(23)24)16(21)9-10/h1-9,21H,(H,20,22)(H,23,24). The first kappa shape index (κ1) is 16.0. The molecule has 0 unspecified atom stereocenters. The summed E-state index contributed by atoms with van der Waals surface area (Å²) in [4.78, 5) is 23.4. The highest BCUT2D eigenvalue weighted by Crippen LogP contribution is 2.27. The molecule has 3 aromatic carbocycles. The highest BCUT2D eigenvalue weighted by molar-refractivity contribution is 9.10. The van der Waals surface area contributed by atoms with Gasteiger partial charge < -0.3 is 15.5 Å². The number of aromatic carboxylic acids is 1. The Balaban J connectivity index is 1.95. The number of carbonyl (C=O) groups excluding carboxylic acids is 1. The number of rotatable bonds is 3. The molecule has 120 valence electrons. The minimum Gasteiger partial charge on any atom is -0.507 e. The van der Waals surface area contributed by atoms with Gasteiger partial charge in [0.1, 0.15) is 11.3 Å². The fourth-order valence-corrected chi connectivity index (χ4v) is 2.96. The molecule has 3 N–H and O–H groups in total. The van der Waals surface area contributed by atoms with Gasteiger partial charge in [-0.2, -0.15) is 0 Å². The summed E-state index contributed by atoms with van der Waals surface area (Å²) >= 11 is 3.46. The quantitative estimate of drug-likeness (QED) is 0.628. The molecule has 0 aliphatic carbocycles. The molecule has 0 heterocycles. The zero-order chi connectivity index (χ0) is 17.3. The molecule has 6 heteroatoms. The molecule has 24 heavy (non-hydrogen) atoms. The predicted molar refractivity (Wildman–Crippen MR) is 94.7 cm³/mol. The third kappa shape index (κ3) is 2.96. The Morgan fingerprint density at radius 2 is 1.62 bits per heavy atom. The zero-order valence-corrected chi connectivity index (χ0v) is 13.9. The van der Waals surface area contributed by atoms with Crippen molar-refractivity contribution >= 4 is 44.3 Å². The zero-order valence-electron chi connectivity index (χ0n) is 12.3. The van der Waals surface area contributed by atoms with Crippen molar-refractivity contribution in [2.45, 2.75) is 0 Å². The molecule has 0 radical (unpaired) electrons. The molecule has 0 fully saturated rings. The van der Waals surface area contributed by atoms with E-state index in [0.717, 1.165) is 15.2 Å². The number of benzene rings is 3. The predicted octanol–water partition coefficient (Wildman–Crippen LogP) is 4.26. The lowest BCUT2D eigenvalue weighted by Crippen LogP contribution is -2.12. The van der Waals surface area contributed by atoms with E-state index in [4.69, 9.17) is 5.11 Å². The fraction of sp³-hybridized carbons (Fsp3) is 0. The Morgan fingerprint density at radius 1 is 0.917 bits per heavy atom. The number of amides is 1. The number of anilines is 1. The second-order valence-electron chi connectivity index (χ2n) is 5.13. The summed E-state index contributed by atoms with van der Waals surface area (Å²) in [6.07, 6.45) is 0. The van der Waals surface area contributed by atoms with E-state index in [1.54, 1.807) is 12.1 Å². The Bertz CT molecular complexity index is 968. The molecular weight excluding hydrogens is 374 g/mol. The Kier molecular flexibility index (Phi) is 4.22. The Labute approximate surface area is 145 Å². The van der Waals surface area contributed by atoms with Crippen LogP contribution in [0.2, 0.25) is 0 Å². The fourth-order valence-electron chi connectivity index (χ4n) is 2.46. The van der Waals surface area contributed by atoms with Crippen LogP contribution in [0, 0.1) is 0 Å². The van der Waals surface area contributed by atoms with Crippen LogP contribution in [0.25, 0.3) is 10.8 Å². The van der Waals surface area contributed by atoms with Crippen molar-refractivity contribution in [1.82, 2.24) is 0 Å². The molecule has 0 aliphatic rings. The lowest BCUT2D eigenvalue weighted by Gasteiger charge is -2.10. The average molecular weight is 386 g/mol. The van der Waals surface area contributed by atoms with E-state index in [0.29, 0.717) is 11.3 Å². The molecule has 0 bridgehead atoms. The van der Waals surface area contributed by atoms with Crippen LogP contribution < -0.4 is 5.32 Å². The van der Waals surface area contributed by atoms with E-state index in [1.807, 2.05) is 24.3 Å². The summed E-state index contributed by atoms with van der Waals surface area (Å²) in [6, 6.07) is 14.9. The van der Waals surface area contributed by atoms with Gasteiger partial charge in [-0.3, -0.25) is 4.79 Å². The van der Waals surface area contributed by atoms with Gasteiger partial charge in [0.25, 0.3) is 5.91 Å². The van der Waals surface area contributed by atoms with Gasteiger partial charge in [0.2, 0.25) is 0 Å². The van der Waals surface area contributed by atoms with Gasteiger partial charge in [-0.25, -0.2) is 4.79 Å². The SMILES string of the molecule is O=C(O)c1ccc(NC(=O)c2cccc3c(Br)cccc23)cc1O. The smallest absolute Gasteiger partial charge is 0.339 e. The minimum absolute atomic E-state index is 0.220. The van der Waals surface area contributed by atoms with E-state index in [1.165, 1.54) is 18.2 Å². The lowest BCUT2D eigenvalue weighted by molar-refractivity contribution is 0.0693. The molecule has 0 atom stereocenters. The first-order valence-electron chi connectivity index (χ1n) is 7.02. The molecule has 0 saturated carbocycles. The number of nitrogens with one attached hydrogen (secondary N) is 1. The number of hydrogen-bond donors (Lipinski definition) is 3. The molecule has 0 aromatic heterocycles. The number of aromatic hydroxyl groups is 1. The summed E-state index contributed by atoms with van der Waals surface area (Å²) in [5, 5.41) is 23.0. The number of carboxylic acids is 1. The largest absolute Gasteiger partial charge is 0.507 e. The van der Waals surface area contributed by atoms with Crippen molar-refractivity contribution in [3.63, 3.8) is 0 Å². The topological polar surface area (TPSA) is 86.6 Å². The Morgan fingerprint density at radius 3 is 2.33 bits per heavy atom. The number of phenols is 1. The molecular formula is C18H12BrNO4. The first-order chi connectivity index (χ1) is 11.5. The van der Waals surface area contributed by atoms with Crippen LogP contribution >= 0.6 is 15.9 Å². The van der Waals surface area contributed by atoms with Crippen LogP contribution in [0.1, 0.15) is 20.7 Å². The molecule has 0 saturated heterocycles. The summed E-state index contributed by atoms with van der Waals surface area (Å²) in [7, 11) is 0. The molecule has 3 aromatic rings. The lowest BCUT2D eigenvalue weighted by atomic mass is 10.0. The van der Waals surface area contributed by atoms with Gasteiger partial charge in [0.15, 0.2) is 0 Å². The Hall–Kier alpha value is -2.86. The van der Waals surface area contributed by atoms with Crippen molar-refractivity contribution in [2.75, 3.05) is 5.32 Å². The van der Waals surface area contributed by atoms with Crippen molar-refractivity contribution in [3.05, 3.63) is 70.2 Å². The molecule has 0 spiro atoms. The first-order valence-corrected chi connectivity index (χ1v) is 7.81. The second kappa shape index (κ2) is 6.33. The summed E-state index contributed by atoms with van der Waals surface area (Å²) in [5.74, 6) is -1.98. The van der Waals surface area contributed by atoms with Gasteiger partial charge in [0, 0.05) is 21.8 Å². The number of carbonyl (C=O) groups is 2. The van der Waals surface area contributed by atoms with Crippen LogP contribution in [0.5, 0.6) is 5.75 Å². The van der Waals surface area contributed by atoms with E-state index in [9.17, 15) is 14.7 Å². The third-order valence-electron chi connectivity index (χ3n) is 3.60. The molecule has 0 aliphatic heterocycles. The van der Waals surface area contributed by atoms with Crippen molar-refractivity contribution < 1.29 is 19.8 Å². The van der Waals surface area contributed by atoms with E-state index >= 15 is 0 Å². The summed E-state index contributed by atoms with van der Waals surface area (Å²) in [5.41, 5.74) is 0.576. The third-order valence-corrected chi connectivity index (χ3v) is 4.29. The van der Waals surface area contributed by atoms with Crippen molar-refractivity contribution in [1.29, 1.82) is 0 Å². The van der Waals surface area contributed by atoms with Crippen molar-refractivity contribution in [3.8, 4) is 5.75 Å². The van der Waals surface area contributed by atoms with Gasteiger partial charge in [0.05, 0.1) is 0 Å². The highest BCUT2D eigenvalue weighted by atomic mass is 79.9. The van der Waals surface area contributed by atoms with Crippen LogP contribution in [0.15, 0.2) is 59.1 Å². The maximum atomic E-state index is 12.5. The van der Waals surface area contributed by atoms with Gasteiger partial charge in [-0.05, 0) is 35.0 Å².